The second kappa shape index (κ2) is 6.25. The van der Waals surface area contributed by atoms with Crippen LogP contribution in [0.3, 0.4) is 0 Å². The molecule has 0 aromatic rings. The van der Waals surface area contributed by atoms with Crippen LogP contribution in [0.15, 0.2) is 12.2 Å². The third-order valence-corrected chi connectivity index (χ3v) is 2.91. The molecule has 0 spiro atoms. The number of thioether (sulfide) groups is 1. The minimum absolute atomic E-state index is 0.105. The summed E-state index contributed by atoms with van der Waals surface area (Å²) in [6, 6.07) is 0. The molecule has 0 aliphatic rings. The average molecular weight is 200 g/mol. The van der Waals surface area contributed by atoms with Gasteiger partial charge in [0.15, 0.2) is 5.12 Å². The maximum absolute atomic E-state index is 11.4. The van der Waals surface area contributed by atoms with Gasteiger partial charge in [-0.3, -0.25) is 4.79 Å². The van der Waals surface area contributed by atoms with E-state index in [0.29, 0.717) is 6.42 Å². The highest BCUT2D eigenvalue weighted by atomic mass is 32.2. The molecule has 0 aromatic carbocycles. The van der Waals surface area contributed by atoms with Crippen LogP contribution in [0.25, 0.3) is 0 Å². The molecule has 2 heteroatoms. The first kappa shape index (κ1) is 12.8. The second-order valence-corrected chi connectivity index (χ2v) is 5.52. The maximum Gasteiger partial charge on any atom is 0.193 e. The van der Waals surface area contributed by atoms with Crippen molar-refractivity contribution < 1.29 is 4.79 Å². The number of allylic oxidation sites excluding steroid dienone is 2. The van der Waals surface area contributed by atoms with Gasteiger partial charge < -0.3 is 0 Å². The van der Waals surface area contributed by atoms with Crippen molar-refractivity contribution in [1.82, 2.24) is 0 Å². The number of hydrogen-bond donors (Lipinski definition) is 0. The van der Waals surface area contributed by atoms with Crippen molar-refractivity contribution in [1.29, 1.82) is 0 Å². The van der Waals surface area contributed by atoms with Crippen LogP contribution >= 0.6 is 11.8 Å². The summed E-state index contributed by atoms with van der Waals surface area (Å²) in [5.74, 6) is 0. The SMILES string of the molecule is CC=CCC(=O)SC(C)(C)CCC. The van der Waals surface area contributed by atoms with E-state index in [1.54, 1.807) is 0 Å². The van der Waals surface area contributed by atoms with Crippen molar-refractivity contribution in [3.63, 3.8) is 0 Å². The number of carbonyl (C=O) groups excluding carboxylic acids is 1. The molecule has 0 fully saturated rings. The first-order valence-corrected chi connectivity index (χ1v) is 5.66. The summed E-state index contributed by atoms with van der Waals surface area (Å²) in [4.78, 5) is 11.4. The van der Waals surface area contributed by atoms with Gasteiger partial charge in [0.25, 0.3) is 0 Å². The molecule has 0 bridgehead atoms. The average Bonchev–Trinajstić information content (AvgIpc) is 1.99. The van der Waals surface area contributed by atoms with E-state index in [9.17, 15) is 4.79 Å². The highest BCUT2D eigenvalue weighted by Gasteiger charge is 2.20. The summed E-state index contributed by atoms with van der Waals surface area (Å²) < 4.78 is 0.105. The fourth-order valence-corrected chi connectivity index (χ4v) is 2.32. The fourth-order valence-electron chi connectivity index (χ4n) is 1.22. The predicted molar refractivity (Wildman–Crippen MR) is 61.0 cm³/mol. The molecule has 0 radical (unpaired) electrons. The molecule has 0 heterocycles. The molecule has 0 saturated carbocycles. The smallest absolute Gasteiger partial charge is 0.193 e. The Morgan fingerprint density at radius 3 is 2.54 bits per heavy atom. The van der Waals surface area contributed by atoms with Gasteiger partial charge in [0, 0.05) is 11.2 Å². The van der Waals surface area contributed by atoms with Crippen LogP contribution in [0.4, 0.5) is 0 Å². The summed E-state index contributed by atoms with van der Waals surface area (Å²) in [5, 5.41) is 0.275. The number of rotatable bonds is 5. The first-order valence-electron chi connectivity index (χ1n) is 4.85. The van der Waals surface area contributed by atoms with Crippen LogP contribution in [-0.4, -0.2) is 9.86 Å². The quantitative estimate of drug-likeness (QED) is 0.628. The minimum Gasteiger partial charge on any atom is -0.287 e. The Morgan fingerprint density at radius 1 is 1.46 bits per heavy atom. The van der Waals surface area contributed by atoms with Crippen LogP contribution in [-0.2, 0) is 4.79 Å². The largest absolute Gasteiger partial charge is 0.287 e. The van der Waals surface area contributed by atoms with Gasteiger partial charge in [-0.25, -0.2) is 0 Å². The Kier molecular flexibility index (Phi) is 6.13. The third-order valence-electron chi connectivity index (χ3n) is 1.76. The van der Waals surface area contributed by atoms with Gasteiger partial charge in [-0.1, -0.05) is 51.1 Å². The van der Waals surface area contributed by atoms with Gasteiger partial charge in [-0.05, 0) is 13.3 Å². The highest BCUT2D eigenvalue weighted by Crippen LogP contribution is 2.30. The Labute approximate surface area is 86.0 Å². The molecule has 0 aromatic heterocycles. The van der Waals surface area contributed by atoms with E-state index < -0.39 is 0 Å². The number of hydrogen-bond acceptors (Lipinski definition) is 2. The lowest BCUT2D eigenvalue weighted by atomic mass is 10.1. The van der Waals surface area contributed by atoms with Crippen molar-refractivity contribution in [2.24, 2.45) is 0 Å². The van der Waals surface area contributed by atoms with Crippen molar-refractivity contribution >= 4 is 16.9 Å². The van der Waals surface area contributed by atoms with Gasteiger partial charge in [0.05, 0.1) is 0 Å². The van der Waals surface area contributed by atoms with Crippen molar-refractivity contribution in [2.75, 3.05) is 0 Å². The highest BCUT2D eigenvalue weighted by molar-refractivity contribution is 8.14. The van der Waals surface area contributed by atoms with Crippen LogP contribution in [0, 0.1) is 0 Å². The zero-order valence-electron chi connectivity index (χ0n) is 9.09. The van der Waals surface area contributed by atoms with Crippen LogP contribution in [0.1, 0.15) is 47.0 Å². The van der Waals surface area contributed by atoms with Gasteiger partial charge in [0.2, 0.25) is 0 Å². The van der Waals surface area contributed by atoms with E-state index in [1.165, 1.54) is 11.8 Å². The van der Waals surface area contributed by atoms with E-state index in [4.69, 9.17) is 0 Å². The monoisotopic (exact) mass is 200 g/mol. The lowest BCUT2D eigenvalue weighted by Crippen LogP contribution is -2.16. The van der Waals surface area contributed by atoms with E-state index in [1.807, 2.05) is 19.1 Å². The molecule has 0 atom stereocenters. The predicted octanol–water partition coefficient (Wildman–Crippen LogP) is 3.79. The van der Waals surface area contributed by atoms with Gasteiger partial charge >= 0.3 is 0 Å². The molecule has 76 valence electrons. The van der Waals surface area contributed by atoms with Gasteiger partial charge in [-0.15, -0.1) is 0 Å². The third kappa shape index (κ3) is 6.88. The van der Waals surface area contributed by atoms with Crippen LogP contribution < -0.4 is 0 Å². The molecule has 13 heavy (non-hydrogen) atoms. The lowest BCUT2D eigenvalue weighted by molar-refractivity contribution is -0.110. The maximum atomic E-state index is 11.4. The molecule has 0 amide bonds. The Morgan fingerprint density at radius 2 is 2.08 bits per heavy atom. The standard InChI is InChI=1S/C11H20OS/c1-5-7-8-10(12)13-11(3,4)9-6-2/h5,7H,6,8-9H2,1-4H3. The second-order valence-electron chi connectivity index (χ2n) is 3.76. The van der Waals surface area contributed by atoms with E-state index in [0.717, 1.165) is 12.8 Å². The summed E-state index contributed by atoms with van der Waals surface area (Å²) in [6.45, 7) is 8.36. The van der Waals surface area contributed by atoms with Crippen molar-refractivity contribution in [3.05, 3.63) is 12.2 Å². The normalized spacial score (nSPS) is 12.3. The topological polar surface area (TPSA) is 17.1 Å². The van der Waals surface area contributed by atoms with E-state index >= 15 is 0 Å². The van der Waals surface area contributed by atoms with E-state index in [2.05, 4.69) is 20.8 Å². The summed E-state index contributed by atoms with van der Waals surface area (Å²) >= 11 is 1.48. The van der Waals surface area contributed by atoms with E-state index in [-0.39, 0.29) is 9.86 Å². The van der Waals surface area contributed by atoms with Crippen LogP contribution in [0.5, 0.6) is 0 Å². The summed E-state index contributed by atoms with van der Waals surface area (Å²) in [5.41, 5.74) is 0. The molecule has 0 unspecified atom stereocenters. The zero-order valence-corrected chi connectivity index (χ0v) is 9.91. The molecule has 0 N–H and O–H groups in total. The Balaban J connectivity index is 3.88. The zero-order chi connectivity index (χ0) is 10.3. The first-order chi connectivity index (χ1) is 6.02. The fraction of sp³-hybridized carbons (Fsp3) is 0.727. The summed E-state index contributed by atoms with van der Waals surface area (Å²) in [6.07, 6.45) is 6.63. The molecular weight excluding hydrogens is 180 g/mol. The van der Waals surface area contributed by atoms with Crippen molar-refractivity contribution in [2.45, 2.75) is 51.7 Å². The Bertz CT molecular complexity index is 183. The molecular formula is C11H20OS. The van der Waals surface area contributed by atoms with Crippen LogP contribution in [0.2, 0.25) is 0 Å². The molecule has 1 nitrogen and oxygen atoms in total. The van der Waals surface area contributed by atoms with Gasteiger partial charge in [0.1, 0.15) is 0 Å². The molecule has 0 saturated heterocycles. The summed E-state index contributed by atoms with van der Waals surface area (Å²) in [7, 11) is 0. The molecule has 0 aliphatic heterocycles. The molecule has 0 rings (SSSR count). The minimum atomic E-state index is 0.105. The lowest BCUT2D eigenvalue weighted by Gasteiger charge is -2.21. The van der Waals surface area contributed by atoms with Crippen molar-refractivity contribution in [3.8, 4) is 0 Å². The number of carbonyl (C=O) groups is 1. The Hall–Kier alpha value is -0.240. The molecule has 0 aliphatic carbocycles. The van der Waals surface area contributed by atoms with Gasteiger partial charge in [-0.2, -0.15) is 0 Å².